The van der Waals surface area contributed by atoms with E-state index < -0.39 is 27.1 Å². The van der Waals surface area contributed by atoms with Gasteiger partial charge in [-0.1, -0.05) is 54.1 Å². The number of rotatable bonds is 6. The maximum Gasteiger partial charge on any atom is 0.283 e. The van der Waals surface area contributed by atoms with Gasteiger partial charge in [0.05, 0.1) is 10.6 Å². The first-order valence-electron chi connectivity index (χ1n) is 12.2. The Bertz CT molecular complexity index is 1590. The molecule has 0 bridgehead atoms. The molecule has 0 saturated heterocycles. The molecule has 2 aliphatic rings. The lowest BCUT2D eigenvalue weighted by molar-refractivity contribution is 0.558. The molecule has 1 aromatic heterocycles. The van der Waals surface area contributed by atoms with Gasteiger partial charge < -0.3 is 5.32 Å². The zero-order valence-corrected chi connectivity index (χ0v) is 21.0. The fourth-order valence-electron chi connectivity index (χ4n) is 4.96. The minimum atomic E-state index is -4.04. The Morgan fingerprint density at radius 1 is 0.946 bits per heavy atom. The lowest BCUT2D eigenvalue weighted by Gasteiger charge is -2.35. The van der Waals surface area contributed by atoms with Crippen LogP contribution < -0.4 is 5.32 Å². The number of fused-ring (bicyclic) bond motifs is 1. The zero-order valence-electron chi connectivity index (χ0n) is 20.2. The van der Waals surface area contributed by atoms with Crippen LogP contribution in [-0.4, -0.2) is 23.6 Å². The molecule has 1 fully saturated rings. The van der Waals surface area contributed by atoms with E-state index in [1.165, 1.54) is 24.3 Å². The van der Waals surface area contributed by atoms with Crippen molar-refractivity contribution in [2.75, 3.05) is 5.32 Å². The van der Waals surface area contributed by atoms with Crippen molar-refractivity contribution in [2.24, 2.45) is 0 Å². The molecule has 0 amide bonds. The predicted molar refractivity (Wildman–Crippen MR) is 139 cm³/mol. The largest absolute Gasteiger partial charge is 0.365 e. The molecule has 8 heteroatoms. The number of halogens is 2. The van der Waals surface area contributed by atoms with E-state index in [4.69, 9.17) is 0 Å². The van der Waals surface area contributed by atoms with Crippen molar-refractivity contribution in [3.8, 4) is 0 Å². The molecular formula is C29H25F2N3O2S. The van der Waals surface area contributed by atoms with Gasteiger partial charge in [-0.2, -0.15) is 12.5 Å². The summed E-state index contributed by atoms with van der Waals surface area (Å²) >= 11 is 0. The summed E-state index contributed by atoms with van der Waals surface area (Å²) in [5, 5.41) is 7.90. The van der Waals surface area contributed by atoms with Crippen molar-refractivity contribution in [1.29, 1.82) is 0 Å². The summed E-state index contributed by atoms with van der Waals surface area (Å²) in [5.74, 6) is -0.356. The monoisotopic (exact) mass is 517 g/mol. The number of nitrogens with zero attached hydrogens (tertiary/aromatic N) is 2. The van der Waals surface area contributed by atoms with Gasteiger partial charge in [0.2, 0.25) is 0 Å². The van der Waals surface area contributed by atoms with Crippen molar-refractivity contribution >= 4 is 21.9 Å². The first kappa shape index (κ1) is 23.6. The molecule has 0 spiro atoms. The highest BCUT2D eigenvalue weighted by Crippen LogP contribution is 2.44. The fraction of sp³-hybridized carbons (Fsp3) is 0.207. The van der Waals surface area contributed by atoms with E-state index in [1.54, 1.807) is 48.5 Å². The molecule has 0 atom stereocenters. The Hall–Kier alpha value is -3.78. The molecule has 1 saturated carbocycles. The number of benzene rings is 3. The summed E-state index contributed by atoms with van der Waals surface area (Å²) in [6.45, 7) is 1.89. The molecule has 6 rings (SSSR count). The van der Waals surface area contributed by atoms with Crippen LogP contribution >= 0.6 is 0 Å². The lowest BCUT2D eigenvalue weighted by atomic mass is 9.68. The van der Waals surface area contributed by atoms with Crippen LogP contribution in [-0.2, 0) is 21.9 Å². The molecule has 3 aromatic carbocycles. The van der Waals surface area contributed by atoms with Crippen LogP contribution in [0, 0.1) is 18.6 Å². The van der Waals surface area contributed by atoms with Crippen LogP contribution in [0.25, 0.3) is 6.08 Å². The van der Waals surface area contributed by atoms with Crippen LogP contribution in [0.15, 0.2) is 83.8 Å². The molecule has 4 aromatic rings. The third-order valence-electron chi connectivity index (χ3n) is 7.11. The van der Waals surface area contributed by atoms with Gasteiger partial charge in [-0.05, 0) is 67.3 Å². The summed E-state index contributed by atoms with van der Waals surface area (Å²) in [6, 6.07) is 19.2. The molecular weight excluding hydrogens is 492 g/mol. The number of nitrogens with one attached hydrogen (secondary N) is 1. The van der Waals surface area contributed by atoms with Crippen molar-refractivity contribution in [3.63, 3.8) is 0 Å². The van der Waals surface area contributed by atoms with E-state index in [0.29, 0.717) is 28.2 Å². The minimum absolute atomic E-state index is 0.123. The summed E-state index contributed by atoms with van der Waals surface area (Å²) in [6.07, 6.45) is 5.87. The molecule has 2 aliphatic carbocycles. The van der Waals surface area contributed by atoms with Crippen molar-refractivity contribution in [3.05, 3.63) is 118 Å². The molecule has 1 N–H and O–H groups in total. The first-order valence-corrected chi connectivity index (χ1v) is 13.6. The van der Waals surface area contributed by atoms with Crippen LogP contribution in [0.1, 0.15) is 40.8 Å². The van der Waals surface area contributed by atoms with Gasteiger partial charge in [-0.15, -0.1) is 5.10 Å². The van der Waals surface area contributed by atoms with Gasteiger partial charge in [0.25, 0.3) is 10.0 Å². The Balaban J connectivity index is 1.57. The molecule has 0 radical (unpaired) electrons. The summed E-state index contributed by atoms with van der Waals surface area (Å²) in [7, 11) is -4.04. The third-order valence-corrected chi connectivity index (χ3v) is 8.74. The topological polar surface area (TPSA) is 64.0 Å². The Morgan fingerprint density at radius 2 is 1.57 bits per heavy atom. The Morgan fingerprint density at radius 3 is 2.14 bits per heavy atom. The fourth-order valence-corrected chi connectivity index (χ4v) is 6.28. The Labute approximate surface area is 214 Å². The smallest absolute Gasteiger partial charge is 0.283 e. The van der Waals surface area contributed by atoms with Gasteiger partial charge in [-0.25, -0.2) is 8.78 Å². The molecule has 37 heavy (non-hydrogen) atoms. The van der Waals surface area contributed by atoms with Crippen LogP contribution in [0.4, 0.5) is 14.6 Å². The highest BCUT2D eigenvalue weighted by molar-refractivity contribution is 7.89. The van der Waals surface area contributed by atoms with Crippen molar-refractivity contribution in [2.45, 2.75) is 42.5 Å². The second-order valence-electron chi connectivity index (χ2n) is 9.79. The molecule has 1 heterocycles. The summed E-state index contributed by atoms with van der Waals surface area (Å²) in [5.41, 5.74) is 2.26. The average molecular weight is 518 g/mol. The molecule has 5 nitrogen and oxygen atoms in total. The number of aryl methyl sites for hydroxylation is 1. The van der Waals surface area contributed by atoms with Gasteiger partial charge in [0, 0.05) is 23.4 Å². The summed E-state index contributed by atoms with van der Waals surface area (Å²) in [4.78, 5) is 0.123. The quantitative estimate of drug-likeness (QED) is 0.349. The lowest BCUT2D eigenvalue weighted by Crippen LogP contribution is -2.33. The molecule has 0 aliphatic heterocycles. The second kappa shape index (κ2) is 8.66. The number of hydrogen-bond acceptors (Lipinski definition) is 4. The van der Waals surface area contributed by atoms with Crippen LogP contribution in [0.2, 0.25) is 0 Å². The maximum absolute atomic E-state index is 14.4. The normalized spacial score (nSPS) is 16.4. The van der Waals surface area contributed by atoms with Gasteiger partial charge in [-0.3, -0.25) is 0 Å². The van der Waals surface area contributed by atoms with Crippen molar-refractivity contribution in [1.82, 2.24) is 9.19 Å². The Kier molecular flexibility index (Phi) is 5.53. The maximum atomic E-state index is 14.4. The van der Waals surface area contributed by atoms with Crippen molar-refractivity contribution < 1.29 is 17.2 Å². The highest BCUT2D eigenvalue weighted by atomic mass is 32.2. The second-order valence-corrected chi connectivity index (χ2v) is 11.6. The van der Waals surface area contributed by atoms with E-state index in [-0.39, 0.29) is 17.4 Å². The van der Waals surface area contributed by atoms with Gasteiger partial charge in [0.1, 0.15) is 11.6 Å². The van der Waals surface area contributed by atoms with Gasteiger partial charge in [0.15, 0.2) is 5.82 Å². The molecule has 0 unspecified atom stereocenters. The minimum Gasteiger partial charge on any atom is -0.365 e. The van der Waals surface area contributed by atoms with E-state index in [9.17, 15) is 17.2 Å². The number of anilines is 1. The van der Waals surface area contributed by atoms with Crippen LogP contribution in [0.3, 0.4) is 0 Å². The van der Waals surface area contributed by atoms with E-state index in [2.05, 4.69) is 10.4 Å². The predicted octanol–water partition coefficient (Wildman–Crippen LogP) is 5.84. The van der Waals surface area contributed by atoms with Gasteiger partial charge >= 0.3 is 0 Å². The zero-order chi connectivity index (χ0) is 25.8. The van der Waals surface area contributed by atoms with E-state index in [1.807, 2.05) is 19.1 Å². The first-order chi connectivity index (χ1) is 17.8. The van der Waals surface area contributed by atoms with E-state index in [0.717, 1.165) is 22.5 Å². The molecule has 188 valence electrons. The summed E-state index contributed by atoms with van der Waals surface area (Å²) < 4.78 is 57.7. The standard InChI is InChI=1S/C29H25F2N3O2S/c1-19-8-12-25(13-9-19)37(35,36)34-27-18-29(20-4-2-6-22(30)16-20,21-5-3-7-23(31)17-21)15-14-26(27)28(33-34)32-24-10-11-24/h2-9,12-17,24H,10-11,18H2,1H3,(H,32,33). The number of aromatic nitrogens is 2. The number of hydrogen-bond donors (Lipinski definition) is 1. The third kappa shape index (κ3) is 4.15. The van der Waals surface area contributed by atoms with Crippen LogP contribution in [0.5, 0.6) is 0 Å². The average Bonchev–Trinajstić information content (AvgIpc) is 3.63. The SMILES string of the molecule is Cc1ccc(S(=O)(=O)n2nc(NC3CC3)c3c2CC(c2cccc(F)c2)(c2cccc(F)c2)C=C3)cc1. The van der Waals surface area contributed by atoms with E-state index >= 15 is 0 Å². The highest BCUT2D eigenvalue weighted by Gasteiger charge is 2.40. The number of allylic oxidation sites excluding steroid dienone is 1.